The zero-order valence-corrected chi connectivity index (χ0v) is 13.2. The first kappa shape index (κ1) is 15.6. The van der Waals surface area contributed by atoms with Gasteiger partial charge in [-0.1, -0.05) is 24.6 Å². The lowest BCUT2D eigenvalue weighted by Gasteiger charge is -2.27. The van der Waals surface area contributed by atoms with E-state index in [1.807, 2.05) is 12.1 Å². The molecular weight excluding hydrogens is 272 g/mol. The van der Waals surface area contributed by atoms with E-state index < -0.39 is 0 Å². The van der Waals surface area contributed by atoms with E-state index in [2.05, 4.69) is 23.2 Å². The molecule has 0 aliphatic heterocycles. The van der Waals surface area contributed by atoms with Crippen molar-refractivity contribution in [2.24, 2.45) is 0 Å². The van der Waals surface area contributed by atoms with Crippen LogP contribution in [-0.2, 0) is 11.3 Å². The van der Waals surface area contributed by atoms with Crippen LogP contribution in [0.3, 0.4) is 0 Å². The van der Waals surface area contributed by atoms with Crippen LogP contribution < -0.4 is 10.2 Å². The summed E-state index contributed by atoms with van der Waals surface area (Å²) in [7, 11) is 1.76. The Morgan fingerprint density at radius 2 is 2.20 bits per heavy atom. The van der Waals surface area contributed by atoms with Crippen LogP contribution in [0.5, 0.6) is 0 Å². The molecule has 0 heterocycles. The molecule has 1 aliphatic carbocycles. The number of hydrogen-bond acceptors (Lipinski definition) is 3. The maximum absolute atomic E-state index is 6.41. The summed E-state index contributed by atoms with van der Waals surface area (Å²) in [6.07, 6.45) is 3.69. The SMILES string of the molecule is CCCNCc1c(Cl)cccc1N(CCOC)C1CC1. The fourth-order valence-corrected chi connectivity index (χ4v) is 2.69. The van der Waals surface area contributed by atoms with Crippen molar-refractivity contribution in [3.05, 3.63) is 28.8 Å². The first-order chi connectivity index (χ1) is 9.77. The third-order valence-corrected chi connectivity index (χ3v) is 4.01. The Morgan fingerprint density at radius 1 is 1.40 bits per heavy atom. The largest absolute Gasteiger partial charge is 0.383 e. The molecule has 2 rings (SSSR count). The maximum Gasteiger partial charge on any atom is 0.0637 e. The predicted octanol–water partition coefficient (Wildman–Crippen LogP) is 3.45. The number of hydrogen-bond donors (Lipinski definition) is 1. The molecule has 1 aromatic rings. The molecule has 0 aromatic heterocycles. The van der Waals surface area contributed by atoms with Crippen molar-refractivity contribution in [3.8, 4) is 0 Å². The molecule has 0 amide bonds. The van der Waals surface area contributed by atoms with Gasteiger partial charge in [-0.3, -0.25) is 0 Å². The zero-order chi connectivity index (χ0) is 14.4. The molecule has 0 spiro atoms. The third kappa shape index (κ3) is 4.11. The van der Waals surface area contributed by atoms with Crippen molar-refractivity contribution in [2.75, 3.05) is 31.7 Å². The highest BCUT2D eigenvalue weighted by Gasteiger charge is 2.30. The van der Waals surface area contributed by atoms with Crippen LogP contribution in [0.25, 0.3) is 0 Å². The summed E-state index contributed by atoms with van der Waals surface area (Å²) in [4.78, 5) is 2.46. The number of ether oxygens (including phenoxy) is 1. The number of halogens is 1. The Hall–Kier alpha value is -0.770. The normalized spacial score (nSPS) is 14.6. The fraction of sp³-hybridized carbons (Fsp3) is 0.625. The Labute approximate surface area is 127 Å². The molecule has 0 atom stereocenters. The van der Waals surface area contributed by atoms with E-state index in [1.54, 1.807) is 7.11 Å². The van der Waals surface area contributed by atoms with Gasteiger partial charge in [-0.25, -0.2) is 0 Å². The van der Waals surface area contributed by atoms with Crippen LogP contribution in [0.2, 0.25) is 5.02 Å². The van der Waals surface area contributed by atoms with E-state index in [4.69, 9.17) is 16.3 Å². The quantitative estimate of drug-likeness (QED) is 0.706. The highest BCUT2D eigenvalue weighted by Crippen LogP contribution is 2.35. The Balaban J connectivity index is 2.16. The second-order valence-corrected chi connectivity index (χ2v) is 5.74. The molecule has 1 aromatic carbocycles. The third-order valence-electron chi connectivity index (χ3n) is 3.66. The van der Waals surface area contributed by atoms with Gasteiger partial charge >= 0.3 is 0 Å². The Morgan fingerprint density at radius 3 is 2.85 bits per heavy atom. The van der Waals surface area contributed by atoms with Gasteiger partial charge in [0.1, 0.15) is 0 Å². The van der Waals surface area contributed by atoms with Gasteiger partial charge in [-0.15, -0.1) is 0 Å². The minimum Gasteiger partial charge on any atom is -0.383 e. The van der Waals surface area contributed by atoms with E-state index in [0.717, 1.165) is 37.7 Å². The molecule has 112 valence electrons. The van der Waals surface area contributed by atoms with Crippen molar-refractivity contribution in [2.45, 2.75) is 38.8 Å². The van der Waals surface area contributed by atoms with Crippen molar-refractivity contribution in [3.63, 3.8) is 0 Å². The van der Waals surface area contributed by atoms with Crippen LogP contribution >= 0.6 is 11.6 Å². The standard InChI is InChI=1S/C16H25ClN2O/c1-3-9-18-12-14-15(17)5-4-6-16(14)19(10-11-20-2)13-7-8-13/h4-6,13,18H,3,7-12H2,1-2H3. The number of methoxy groups -OCH3 is 1. The summed E-state index contributed by atoms with van der Waals surface area (Å²) in [5, 5.41) is 4.32. The molecule has 0 bridgehead atoms. The molecule has 1 aliphatic rings. The van der Waals surface area contributed by atoms with Gasteiger partial charge in [-0.2, -0.15) is 0 Å². The van der Waals surface area contributed by atoms with Crippen molar-refractivity contribution >= 4 is 17.3 Å². The lowest BCUT2D eigenvalue weighted by Crippen LogP contribution is -2.31. The summed E-state index contributed by atoms with van der Waals surface area (Å²) in [5.41, 5.74) is 2.48. The summed E-state index contributed by atoms with van der Waals surface area (Å²) in [6.45, 7) is 5.72. The molecule has 1 fully saturated rings. The van der Waals surface area contributed by atoms with Crippen LogP contribution in [0.15, 0.2) is 18.2 Å². The highest BCUT2D eigenvalue weighted by atomic mass is 35.5. The molecule has 4 heteroatoms. The first-order valence-electron chi connectivity index (χ1n) is 7.51. The van der Waals surface area contributed by atoms with E-state index in [1.165, 1.54) is 24.1 Å². The molecule has 3 nitrogen and oxygen atoms in total. The van der Waals surface area contributed by atoms with Gasteiger partial charge in [0.15, 0.2) is 0 Å². The lowest BCUT2D eigenvalue weighted by atomic mass is 10.1. The number of rotatable bonds is 9. The highest BCUT2D eigenvalue weighted by molar-refractivity contribution is 6.31. The molecule has 0 radical (unpaired) electrons. The summed E-state index contributed by atoms with van der Waals surface area (Å²) >= 11 is 6.41. The number of nitrogens with zero attached hydrogens (tertiary/aromatic N) is 1. The van der Waals surface area contributed by atoms with Gasteiger partial charge in [0, 0.05) is 42.5 Å². The van der Waals surface area contributed by atoms with Crippen molar-refractivity contribution in [1.82, 2.24) is 5.32 Å². The van der Waals surface area contributed by atoms with E-state index in [-0.39, 0.29) is 0 Å². The minimum atomic E-state index is 0.661. The molecule has 20 heavy (non-hydrogen) atoms. The van der Waals surface area contributed by atoms with Crippen LogP contribution in [-0.4, -0.2) is 32.8 Å². The molecule has 0 saturated heterocycles. The van der Waals surface area contributed by atoms with Gasteiger partial charge in [0.05, 0.1) is 6.61 Å². The van der Waals surface area contributed by atoms with Crippen LogP contribution in [0.4, 0.5) is 5.69 Å². The van der Waals surface area contributed by atoms with Crippen LogP contribution in [0, 0.1) is 0 Å². The van der Waals surface area contributed by atoms with Gasteiger partial charge in [0.25, 0.3) is 0 Å². The van der Waals surface area contributed by atoms with Crippen LogP contribution in [0.1, 0.15) is 31.7 Å². The van der Waals surface area contributed by atoms with Crippen molar-refractivity contribution in [1.29, 1.82) is 0 Å². The van der Waals surface area contributed by atoms with E-state index in [0.29, 0.717) is 6.04 Å². The van der Waals surface area contributed by atoms with Gasteiger partial charge < -0.3 is 15.0 Å². The number of benzene rings is 1. The van der Waals surface area contributed by atoms with E-state index in [9.17, 15) is 0 Å². The average molecular weight is 297 g/mol. The summed E-state index contributed by atoms with van der Waals surface area (Å²) in [6, 6.07) is 6.87. The average Bonchev–Trinajstić information content (AvgIpc) is 3.27. The monoisotopic (exact) mass is 296 g/mol. The smallest absolute Gasteiger partial charge is 0.0637 e. The minimum absolute atomic E-state index is 0.661. The Kier molecular flexibility index (Phi) is 6.14. The molecular formula is C16H25ClN2O. The van der Waals surface area contributed by atoms with Crippen molar-refractivity contribution < 1.29 is 4.74 Å². The second kappa shape index (κ2) is 7.87. The van der Waals surface area contributed by atoms with E-state index >= 15 is 0 Å². The summed E-state index contributed by atoms with van der Waals surface area (Å²) < 4.78 is 5.25. The lowest BCUT2D eigenvalue weighted by molar-refractivity contribution is 0.205. The molecule has 1 saturated carbocycles. The number of nitrogens with one attached hydrogen (secondary N) is 1. The Bertz CT molecular complexity index is 421. The first-order valence-corrected chi connectivity index (χ1v) is 7.89. The fourth-order valence-electron chi connectivity index (χ4n) is 2.46. The second-order valence-electron chi connectivity index (χ2n) is 5.33. The zero-order valence-electron chi connectivity index (χ0n) is 12.5. The molecule has 1 N–H and O–H groups in total. The van der Waals surface area contributed by atoms with Gasteiger partial charge in [-0.05, 0) is 37.9 Å². The number of anilines is 1. The topological polar surface area (TPSA) is 24.5 Å². The summed E-state index contributed by atoms with van der Waals surface area (Å²) in [5.74, 6) is 0. The molecule has 0 unspecified atom stereocenters. The maximum atomic E-state index is 6.41. The van der Waals surface area contributed by atoms with Gasteiger partial charge in [0.2, 0.25) is 0 Å². The predicted molar refractivity (Wildman–Crippen MR) is 85.7 cm³/mol.